The van der Waals surface area contributed by atoms with Gasteiger partial charge in [0.15, 0.2) is 0 Å². The van der Waals surface area contributed by atoms with Gasteiger partial charge in [-0.2, -0.15) is 59.7 Å². The Hall–Kier alpha value is -3.27. The molecule has 4 aliphatic carbocycles. The Labute approximate surface area is 592 Å². The van der Waals surface area contributed by atoms with Crippen LogP contribution in [0.15, 0.2) is 212 Å². The summed E-state index contributed by atoms with van der Waals surface area (Å²) in [6.07, 6.45) is 22.1. The molecule has 0 radical (unpaired) electrons. The summed E-state index contributed by atoms with van der Waals surface area (Å²) >= 11 is 16.7. The summed E-state index contributed by atoms with van der Waals surface area (Å²) in [5.41, 5.74) is 22.6. The Morgan fingerprint density at radius 3 is 0.860 bits per heavy atom. The number of hydrogen-bond donors (Lipinski definition) is 0. The molecule has 8 aromatic carbocycles. The van der Waals surface area contributed by atoms with E-state index in [1.165, 1.54) is 144 Å². The van der Waals surface area contributed by atoms with Crippen molar-refractivity contribution in [3.05, 3.63) is 303 Å². The Kier molecular flexibility index (Phi) is 28.3. The normalized spacial score (nSPS) is 12.7. The maximum atomic E-state index is 3.67. The molecule has 8 aromatic rings. The molecular weight excluding hydrogens is 1510 g/mol. The molecule has 440 valence electrons. The molecule has 12 rings (SSSR count). The van der Waals surface area contributed by atoms with E-state index in [1.54, 1.807) is 0 Å². The standard InChI is InChI=1S/2C21H25.2C13H8Br2.2C5H5.2ClH.2Zr/c2*1-20(2,3)16-7-9-18-14(12-16)11-15-13-17(21(4,5)6)8-10-19(15)18;2*14-12-5-1-10(2-6-12)9-11-3-7-13(15)8-4-11;2*1-2-4-5-3-1;;;;/h2*7-10,12H,11H2,1-6H3;2*1-8H;2*1-3H,4H2;2*1H;;/q2*-1;;;2*-1;;;2*+2/p-2. The van der Waals surface area contributed by atoms with Gasteiger partial charge in [0.25, 0.3) is 0 Å². The van der Waals surface area contributed by atoms with Crippen LogP contribution in [-0.2, 0) is 83.0 Å². The average Bonchev–Trinajstić information content (AvgIpc) is 3.92. The SMILES string of the molecule is Brc1ccc([C](=[Zr+2])c2ccc(Br)cc2)cc1.Brc1ccc([C](=[Zr+2])c2ccc(Br)cc2)cc1.CC(C)(C)c1[c-]c2c(cc1)-c1ccc(C(C)(C)C)cc1C2.CC(C)(C)c1[c-]c2c(cc1)-c1ccc(C(C)(C)C)cc1C2.[C-]1=CC=CC1.[C-]1=CC=CC1.[Cl-].[Cl-]. The minimum atomic E-state index is 0. The fourth-order valence-corrected chi connectivity index (χ4v) is 12.2. The van der Waals surface area contributed by atoms with Crippen LogP contribution in [0.4, 0.5) is 0 Å². The van der Waals surface area contributed by atoms with Crippen molar-refractivity contribution < 1.29 is 73.3 Å². The van der Waals surface area contributed by atoms with Gasteiger partial charge in [-0.05, 0) is 56.8 Å². The summed E-state index contributed by atoms with van der Waals surface area (Å²) in [7, 11) is 0. The molecule has 0 atom stereocenters. The number of rotatable bonds is 4. The molecule has 0 saturated heterocycles. The molecule has 0 spiro atoms. The molecule has 0 aliphatic heterocycles. The summed E-state index contributed by atoms with van der Waals surface area (Å²) in [6.45, 7) is 27.2. The quantitative estimate of drug-likeness (QED) is 0.154. The molecule has 8 heteroatoms. The van der Waals surface area contributed by atoms with E-state index >= 15 is 0 Å². The van der Waals surface area contributed by atoms with Gasteiger partial charge < -0.3 is 24.8 Å². The third kappa shape index (κ3) is 21.4. The van der Waals surface area contributed by atoms with Crippen molar-refractivity contribution in [2.45, 2.75) is 130 Å². The first-order valence-corrected chi connectivity index (χ1v) is 34.3. The molecule has 0 heterocycles. The van der Waals surface area contributed by atoms with Gasteiger partial charge >= 0.3 is 256 Å². The van der Waals surface area contributed by atoms with Gasteiger partial charge in [-0.25, -0.2) is 24.3 Å². The zero-order chi connectivity index (χ0) is 61.0. The van der Waals surface area contributed by atoms with Crippen LogP contribution in [0.25, 0.3) is 22.3 Å². The predicted molar refractivity (Wildman–Crippen MR) is 368 cm³/mol. The fourth-order valence-electron chi connectivity index (χ4n) is 9.54. The van der Waals surface area contributed by atoms with Gasteiger partial charge in [0.05, 0.1) is 0 Å². The van der Waals surface area contributed by atoms with Crippen LogP contribution in [0.2, 0.25) is 0 Å². The Balaban J connectivity index is 0.000000198. The van der Waals surface area contributed by atoms with E-state index in [2.05, 4.69) is 341 Å². The topological polar surface area (TPSA) is 0 Å². The van der Waals surface area contributed by atoms with Crippen LogP contribution < -0.4 is 24.8 Å². The van der Waals surface area contributed by atoms with Gasteiger partial charge in [0.1, 0.15) is 0 Å². The second-order valence-corrected chi connectivity index (χ2v) is 31.5. The van der Waals surface area contributed by atoms with Gasteiger partial charge in [-0.3, -0.25) is 12.2 Å². The molecule has 0 bridgehead atoms. The minimum absolute atomic E-state index is 0. The summed E-state index contributed by atoms with van der Waals surface area (Å²) in [5.74, 6) is 0. The molecule has 4 aliphatic rings. The number of fused-ring (bicyclic) bond motifs is 6. The molecule has 0 unspecified atom stereocenters. The summed E-state index contributed by atoms with van der Waals surface area (Å²) < 4.78 is 7.25. The molecule has 0 saturated carbocycles. The summed E-state index contributed by atoms with van der Waals surface area (Å²) in [5, 5.41) is 0. The first-order chi connectivity index (χ1) is 39.6. The maximum Gasteiger partial charge on any atom is -0.0132 e. The van der Waals surface area contributed by atoms with Crippen LogP contribution in [-0.4, -0.2) is 6.41 Å². The van der Waals surface area contributed by atoms with Crippen LogP contribution >= 0.6 is 63.7 Å². The Morgan fingerprint density at radius 1 is 0.360 bits per heavy atom. The predicted octanol–water partition coefficient (Wildman–Crippen LogP) is 16.6. The van der Waals surface area contributed by atoms with Crippen LogP contribution in [0, 0.1) is 24.3 Å². The first-order valence-electron chi connectivity index (χ1n) is 28.7. The molecule has 86 heavy (non-hydrogen) atoms. The molecular formula is C78H76Br4Cl2Zr2-2. The van der Waals surface area contributed by atoms with Crippen molar-refractivity contribution in [3.8, 4) is 22.3 Å². The molecule has 0 nitrogen and oxygen atoms in total. The van der Waals surface area contributed by atoms with Crippen molar-refractivity contribution in [3.63, 3.8) is 0 Å². The third-order valence-corrected chi connectivity index (χ3v) is 19.6. The third-order valence-electron chi connectivity index (χ3n) is 14.6. The fraction of sp³-hybridized carbons (Fsp3) is 0.256. The van der Waals surface area contributed by atoms with Crippen molar-refractivity contribution in [1.29, 1.82) is 0 Å². The molecule has 0 aromatic heterocycles. The largest absolute Gasteiger partial charge is 1.00 e. The molecule has 0 amide bonds. The van der Waals surface area contributed by atoms with Gasteiger partial charge in [0.2, 0.25) is 0 Å². The Morgan fingerprint density at radius 2 is 0.640 bits per heavy atom. The van der Waals surface area contributed by atoms with E-state index in [0.29, 0.717) is 0 Å². The van der Waals surface area contributed by atoms with Crippen molar-refractivity contribution >= 4 is 70.1 Å². The summed E-state index contributed by atoms with van der Waals surface area (Å²) in [4.78, 5) is 0. The van der Waals surface area contributed by atoms with E-state index in [4.69, 9.17) is 0 Å². The molecule has 0 N–H and O–H groups in total. The maximum absolute atomic E-state index is 3.67. The zero-order valence-electron chi connectivity index (χ0n) is 51.6. The van der Waals surface area contributed by atoms with E-state index in [0.717, 1.165) is 43.6 Å². The number of benzene rings is 8. The van der Waals surface area contributed by atoms with Crippen molar-refractivity contribution in [2.24, 2.45) is 0 Å². The van der Waals surface area contributed by atoms with Crippen molar-refractivity contribution in [2.75, 3.05) is 0 Å². The summed E-state index contributed by atoms with van der Waals surface area (Å²) in [6, 6.07) is 64.2. The smallest absolute Gasteiger partial charge is 0.0132 e. The number of allylic oxidation sites excluding steroid dienone is 8. The van der Waals surface area contributed by atoms with Crippen LogP contribution in [0.1, 0.15) is 163 Å². The minimum Gasteiger partial charge on any atom is -1.00 e. The van der Waals surface area contributed by atoms with Gasteiger partial charge in [-0.1, -0.05) is 131 Å². The van der Waals surface area contributed by atoms with E-state index in [9.17, 15) is 0 Å². The van der Waals surface area contributed by atoms with Crippen LogP contribution in [0.3, 0.4) is 0 Å². The first kappa shape index (κ1) is 73.5. The average molecular weight is 1590 g/mol. The number of hydrogen-bond acceptors (Lipinski definition) is 0. The molecule has 0 fully saturated rings. The van der Waals surface area contributed by atoms with Gasteiger partial charge in [-0.15, -0.1) is 35.1 Å². The van der Waals surface area contributed by atoms with Crippen LogP contribution in [0.5, 0.6) is 0 Å². The van der Waals surface area contributed by atoms with Gasteiger partial charge in [0, 0.05) is 0 Å². The van der Waals surface area contributed by atoms with E-state index < -0.39 is 0 Å². The van der Waals surface area contributed by atoms with E-state index in [1.807, 2.05) is 24.3 Å². The zero-order valence-corrected chi connectivity index (χ0v) is 64.3. The second-order valence-electron chi connectivity index (χ2n) is 25.4. The monoisotopic (exact) mass is 1580 g/mol. The number of halogens is 6. The van der Waals surface area contributed by atoms with E-state index in [-0.39, 0.29) is 46.5 Å². The Bertz CT molecular complexity index is 3210. The van der Waals surface area contributed by atoms with Crippen molar-refractivity contribution in [1.82, 2.24) is 0 Å². The second kappa shape index (κ2) is 33.2.